The summed E-state index contributed by atoms with van der Waals surface area (Å²) in [4.78, 5) is 15.6. The van der Waals surface area contributed by atoms with Gasteiger partial charge in [0.25, 0.3) is 0 Å². The molecule has 178 valence electrons. The Kier molecular flexibility index (Phi) is 5.60. The van der Waals surface area contributed by atoms with E-state index in [1.54, 1.807) is 32.3 Å². The number of amides is 1. The topological polar surface area (TPSA) is 80.3 Å². The number of carbonyl (C=O) groups excluding carboxylic acids is 1. The zero-order chi connectivity index (χ0) is 24.1. The van der Waals surface area contributed by atoms with Crippen LogP contribution in [-0.2, 0) is 11.2 Å². The molecule has 2 atom stereocenters. The predicted octanol–water partition coefficient (Wildman–Crippen LogP) is 4.59. The van der Waals surface area contributed by atoms with Crippen molar-refractivity contribution in [1.29, 1.82) is 0 Å². The number of phenols is 1. The van der Waals surface area contributed by atoms with Gasteiger partial charge in [0.15, 0.2) is 11.5 Å². The third-order valence-electron chi connectivity index (χ3n) is 6.87. The highest BCUT2D eigenvalue weighted by Gasteiger charge is 2.40. The van der Waals surface area contributed by atoms with Crippen LogP contribution in [0.4, 0.5) is 11.4 Å². The fourth-order valence-corrected chi connectivity index (χ4v) is 5.59. The summed E-state index contributed by atoms with van der Waals surface area (Å²) in [6, 6.07) is 8.90. The highest BCUT2D eigenvalue weighted by atomic mass is 35.5. The molecule has 2 aliphatic rings. The number of methoxy groups -OCH3 is 3. The van der Waals surface area contributed by atoms with Gasteiger partial charge in [-0.05, 0) is 35.1 Å². The van der Waals surface area contributed by atoms with Gasteiger partial charge in [-0.3, -0.25) is 4.79 Å². The SMILES string of the molecule is COc1cc2c(c(OC)c1OC)NC(C(=O)N1C[C@@H](CCl)c3c1cc(O)c1cccc(C)c31)C2. The highest BCUT2D eigenvalue weighted by Crippen LogP contribution is 2.50. The minimum Gasteiger partial charge on any atom is -0.507 e. The number of phenolic OH excluding ortho intramolecular Hbond substituents is 1. The van der Waals surface area contributed by atoms with Gasteiger partial charge in [0.05, 0.1) is 32.7 Å². The molecule has 8 heteroatoms. The lowest BCUT2D eigenvalue weighted by atomic mass is 9.92. The summed E-state index contributed by atoms with van der Waals surface area (Å²) in [7, 11) is 4.68. The van der Waals surface area contributed by atoms with Gasteiger partial charge in [0.2, 0.25) is 11.7 Å². The molecule has 2 heterocycles. The van der Waals surface area contributed by atoms with Crippen molar-refractivity contribution in [2.75, 3.05) is 44.0 Å². The zero-order valence-corrected chi connectivity index (χ0v) is 20.3. The summed E-state index contributed by atoms with van der Waals surface area (Å²) < 4.78 is 16.6. The number of rotatable bonds is 5. The first kappa shape index (κ1) is 22.5. The molecule has 7 nitrogen and oxygen atoms in total. The number of ether oxygens (including phenoxy) is 3. The van der Waals surface area contributed by atoms with E-state index in [2.05, 4.69) is 5.32 Å². The Morgan fingerprint density at radius 3 is 2.62 bits per heavy atom. The van der Waals surface area contributed by atoms with Crippen LogP contribution in [0.25, 0.3) is 10.8 Å². The van der Waals surface area contributed by atoms with Crippen LogP contribution in [0.1, 0.15) is 22.6 Å². The molecular formula is C26H27ClN2O5. The van der Waals surface area contributed by atoms with Crippen LogP contribution in [0.3, 0.4) is 0 Å². The van der Waals surface area contributed by atoms with Gasteiger partial charge in [-0.25, -0.2) is 0 Å². The first-order valence-corrected chi connectivity index (χ1v) is 11.7. The van der Waals surface area contributed by atoms with Crippen LogP contribution in [0, 0.1) is 6.92 Å². The molecule has 3 aromatic carbocycles. The van der Waals surface area contributed by atoms with E-state index >= 15 is 0 Å². The number of carbonyl (C=O) groups is 1. The number of aryl methyl sites for hydroxylation is 1. The lowest BCUT2D eigenvalue weighted by Crippen LogP contribution is -2.41. The maximum atomic E-state index is 13.8. The average molecular weight is 483 g/mol. The van der Waals surface area contributed by atoms with Gasteiger partial charge in [0.1, 0.15) is 11.8 Å². The highest BCUT2D eigenvalue weighted by molar-refractivity contribution is 6.19. The lowest BCUT2D eigenvalue weighted by Gasteiger charge is -2.23. The lowest BCUT2D eigenvalue weighted by molar-refractivity contribution is -0.119. The number of halogens is 1. The molecule has 2 aliphatic heterocycles. The molecule has 0 saturated heterocycles. The molecular weight excluding hydrogens is 456 g/mol. The number of hydrogen-bond donors (Lipinski definition) is 2. The Morgan fingerprint density at radius 2 is 1.94 bits per heavy atom. The van der Waals surface area contributed by atoms with Gasteiger partial charge in [-0.2, -0.15) is 0 Å². The van der Waals surface area contributed by atoms with E-state index in [-0.39, 0.29) is 17.6 Å². The molecule has 0 fully saturated rings. The molecule has 5 rings (SSSR count). The number of hydrogen-bond acceptors (Lipinski definition) is 6. The van der Waals surface area contributed by atoms with E-state index in [0.717, 1.165) is 38.8 Å². The number of benzene rings is 3. The third-order valence-corrected chi connectivity index (χ3v) is 7.25. The van der Waals surface area contributed by atoms with E-state index in [1.807, 2.05) is 31.2 Å². The van der Waals surface area contributed by atoms with Gasteiger partial charge in [0, 0.05) is 36.2 Å². The van der Waals surface area contributed by atoms with Crippen LogP contribution < -0.4 is 24.4 Å². The third kappa shape index (κ3) is 3.21. The van der Waals surface area contributed by atoms with Crippen molar-refractivity contribution in [2.24, 2.45) is 0 Å². The van der Waals surface area contributed by atoms with Gasteiger partial charge in [-0.15, -0.1) is 11.6 Å². The number of alkyl halides is 1. The van der Waals surface area contributed by atoms with Gasteiger partial charge in [-0.1, -0.05) is 18.2 Å². The van der Waals surface area contributed by atoms with Gasteiger partial charge < -0.3 is 29.5 Å². The molecule has 0 radical (unpaired) electrons. The van der Waals surface area contributed by atoms with Crippen LogP contribution in [-0.4, -0.2) is 50.8 Å². The number of anilines is 2. The quantitative estimate of drug-likeness (QED) is 0.518. The second kappa shape index (κ2) is 8.47. The Morgan fingerprint density at radius 1 is 1.18 bits per heavy atom. The van der Waals surface area contributed by atoms with Crippen LogP contribution >= 0.6 is 11.6 Å². The van der Waals surface area contributed by atoms with Crippen molar-refractivity contribution in [3.8, 4) is 23.0 Å². The summed E-state index contributed by atoms with van der Waals surface area (Å²) in [6.07, 6.45) is 0.473. The maximum absolute atomic E-state index is 13.8. The summed E-state index contributed by atoms with van der Waals surface area (Å²) in [6.45, 7) is 2.48. The Labute approximate surface area is 203 Å². The summed E-state index contributed by atoms with van der Waals surface area (Å²) in [5, 5.41) is 15.9. The van der Waals surface area contributed by atoms with Crippen LogP contribution in [0.5, 0.6) is 23.0 Å². The average Bonchev–Trinajstić information content (AvgIpc) is 3.43. The van der Waals surface area contributed by atoms with Crippen molar-refractivity contribution in [3.63, 3.8) is 0 Å². The largest absolute Gasteiger partial charge is 0.507 e. The Hall–Kier alpha value is -3.32. The first-order valence-electron chi connectivity index (χ1n) is 11.1. The molecule has 34 heavy (non-hydrogen) atoms. The monoisotopic (exact) mass is 482 g/mol. The number of nitrogens with one attached hydrogen (secondary N) is 1. The van der Waals surface area contributed by atoms with Gasteiger partial charge >= 0.3 is 0 Å². The smallest absolute Gasteiger partial charge is 0.249 e. The number of nitrogens with zero attached hydrogens (tertiary/aromatic N) is 1. The van der Waals surface area contributed by atoms with Crippen molar-refractivity contribution in [2.45, 2.75) is 25.3 Å². The normalized spacial score (nSPS) is 18.4. The molecule has 1 unspecified atom stereocenters. The number of fused-ring (bicyclic) bond motifs is 4. The minimum absolute atomic E-state index is 0.0247. The number of aromatic hydroxyl groups is 1. The van der Waals surface area contributed by atoms with E-state index < -0.39 is 6.04 Å². The summed E-state index contributed by atoms with van der Waals surface area (Å²) >= 11 is 6.38. The van der Waals surface area contributed by atoms with Crippen molar-refractivity contribution >= 4 is 39.7 Å². The van der Waals surface area contributed by atoms with E-state index in [9.17, 15) is 9.90 Å². The summed E-state index contributed by atoms with van der Waals surface area (Å²) in [5.41, 5.74) is 4.42. The minimum atomic E-state index is -0.502. The second-order valence-corrected chi connectivity index (χ2v) is 9.02. The standard InChI is InChI=1S/C26H27ClN2O5/c1-13-6-5-7-16-19(30)10-18-22(21(13)16)15(11-27)12-29(18)26(31)17-8-14-9-20(32-2)24(33-3)25(34-4)23(14)28-17/h5-7,9-10,15,17,28,30H,8,11-12H2,1-4H3/t15-,17?/m1/s1. The molecule has 0 saturated carbocycles. The molecule has 3 aromatic rings. The fraction of sp³-hybridized carbons (Fsp3) is 0.346. The fourth-order valence-electron chi connectivity index (χ4n) is 5.34. The summed E-state index contributed by atoms with van der Waals surface area (Å²) in [5.74, 6) is 1.96. The van der Waals surface area contributed by atoms with E-state index in [1.165, 1.54) is 0 Å². The molecule has 0 aromatic heterocycles. The van der Waals surface area contributed by atoms with Crippen LogP contribution in [0.2, 0.25) is 0 Å². The Balaban J connectivity index is 1.55. The van der Waals surface area contributed by atoms with Crippen molar-refractivity contribution in [1.82, 2.24) is 0 Å². The molecule has 1 amide bonds. The Bertz CT molecular complexity index is 1310. The first-order chi connectivity index (χ1) is 16.4. The van der Waals surface area contributed by atoms with Crippen molar-refractivity contribution < 1.29 is 24.1 Å². The second-order valence-electron chi connectivity index (χ2n) is 8.71. The van der Waals surface area contributed by atoms with Crippen LogP contribution in [0.15, 0.2) is 30.3 Å². The van der Waals surface area contributed by atoms with Crippen molar-refractivity contribution in [3.05, 3.63) is 47.0 Å². The van der Waals surface area contributed by atoms with E-state index in [0.29, 0.717) is 36.1 Å². The maximum Gasteiger partial charge on any atom is 0.249 e. The molecule has 2 N–H and O–H groups in total. The molecule has 0 aliphatic carbocycles. The predicted molar refractivity (Wildman–Crippen MR) is 133 cm³/mol. The van der Waals surface area contributed by atoms with E-state index in [4.69, 9.17) is 25.8 Å². The molecule has 0 bridgehead atoms. The zero-order valence-electron chi connectivity index (χ0n) is 19.6. The molecule has 0 spiro atoms.